The Kier molecular flexibility index (Phi) is 4.82. The van der Waals surface area contributed by atoms with Crippen LogP contribution in [-0.2, 0) is 11.8 Å². The summed E-state index contributed by atoms with van der Waals surface area (Å²) in [5, 5.41) is 0. The van der Waals surface area contributed by atoms with Crippen molar-refractivity contribution < 1.29 is 0 Å². The summed E-state index contributed by atoms with van der Waals surface area (Å²) in [7, 11) is 0. The Bertz CT molecular complexity index is 764. The van der Waals surface area contributed by atoms with Gasteiger partial charge >= 0.3 is 0 Å². The summed E-state index contributed by atoms with van der Waals surface area (Å²) in [5.41, 5.74) is 6.98. The van der Waals surface area contributed by atoms with Gasteiger partial charge in [0, 0.05) is 11.8 Å². The summed E-state index contributed by atoms with van der Waals surface area (Å²) in [6, 6.07) is 25.2. The molecule has 0 atom stereocenters. The molecule has 0 fully saturated rings. The van der Waals surface area contributed by atoms with E-state index in [4.69, 9.17) is 23.2 Å². The number of alkyl halides is 2. The predicted octanol–water partition coefficient (Wildman–Crippen LogP) is 6.50. The van der Waals surface area contributed by atoms with E-state index in [1.165, 1.54) is 16.7 Å². The number of hydrogen-bond donors (Lipinski definition) is 0. The molecule has 22 heavy (non-hydrogen) atoms. The summed E-state index contributed by atoms with van der Waals surface area (Å²) in [6.07, 6.45) is 0. The van der Waals surface area contributed by atoms with Crippen molar-refractivity contribution in [2.45, 2.75) is 11.8 Å². The van der Waals surface area contributed by atoms with Crippen LogP contribution >= 0.6 is 23.2 Å². The Hall–Kier alpha value is -1.76. The van der Waals surface area contributed by atoms with E-state index in [0.717, 1.165) is 16.7 Å². The molecule has 0 aliphatic rings. The maximum Gasteiger partial charge on any atom is 0.0480 e. The van der Waals surface area contributed by atoms with Crippen LogP contribution in [0.25, 0.3) is 22.3 Å². The van der Waals surface area contributed by atoms with Crippen LogP contribution in [-0.4, -0.2) is 0 Å². The summed E-state index contributed by atoms with van der Waals surface area (Å²) in [5.74, 6) is 1.00. The van der Waals surface area contributed by atoms with Crippen LogP contribution in [0.1, 0.15) is 11.1 Å². The fourth-order valence-electron chi connectivity index (χ4n) is 2.59. The minimum atomic E-state index is 0.494. The van der Waals surface area contributed by atoms with E-state index >= 15 is 0 Å². The Balaban J connectivity index is 2.09. The second-order valence-electron chi connectivity index (χ2n) is 5.21. The third kappa shape index (κ3) is 3.19. The highest BCUT2D eigenvalue weighted by molar-refractivity contribution is 6.18. The number of hydrogen-bond acceptors (Lipinski definition) is 0. The van der Waals surface area contributed by atoms with Gasteiger partial charge in [-0.25, -0.2) is 0 Å². The molecule has 0 unspecified atom stereocenters. The van der Waals surface area contributed by atoms with E-state index < -0.39 is 0 Å². The first-order chi connectivity index (χ1) is 10.8. The van der Waals surface area contributed by atoms with Crippen molar-refractivity contribution >= 4 is 23.2 Å². The standard InChI is InChI=1S/C20H16Cl2/c21-13-15-9-10-19(14-22)20(11-15)18-8-4-7-17(12-18)16-5-2-1-3-6-16/h1-12H,13-14H2. The van der Waals surface area contributed by atoms with Gasteiger partial charge in [-0.1, -0.05) is 60.7 Å². The molecule has 3 aromatic carbocycles. The zero-order chi connectivity index (χ0) is 15.4. The Morgan fingerprint density at radius 3 is 2.05 bits per heavy atom. The highest BCUT2D eigenvalue weighted by Gasteiger charge is 2.07. The molecule has 2 heteroatoms. The third-order valence-electron chi connectivity index (χ3n) is 3.75. The molecule has 0 saturated carbocycles. The van der Waals surface area contributed by atoms with E-state index in [1.807, 2.05) is 12.1 Å². The van der Waals surface area contributed by atoms with Crippen LogP contribution in [0.5, 0.6) is 0 Å². The van der Waals surface area contributed by atoms with Crippen LogP contribution in [0, 0.1) is 0 Å². The van der Waals surface area contributed by atoms with Gasteiger partial charge in [-0.2, -0.15) is 0 Å². The Labute approximate surface area is 141 Å². The quantitative estimate of drug-likeness (QED) is 0.480. The lowest BCUT2D eigenvalue weighted by Crippen LogP contribution is -1.90. The molecule has 0 amide bonds. The van der Waals surface area contributed by atoms with Gasteiger partial charge in [0.25, 0.3) is 0 Å². The van der Waals surface area contributed by atoms with Gasteiger partial charge in [-0.05, 0) is 45.5 Å². The lowest BCUT2D eigenvalue weighted by molar-refractivity contribution is 1.33. The maximum atomic E-state index is 6.10. The van der Waals surface area contributed by atoms with Crippen LogP contribution in [0.4, 0.5) is 0 Å². The lowest BCUT2D eigenvalue weighted by atomic mass is 9.95. The molecule has 3 aromatic rings. The fourth-order valence-corrected chi connectivity index (χ4v) is 2.99. The molecule has 110 valence electrons. The molecule has 0 heterocycles. The summed E-state index contributed by atoms with van der Waals surface area (Å²) < 4.78 is 0. The molecule has 0 aliphatic carbocycles. The molecule has 0 saturated heterocycles. The average Bonchev–Trinajstić information content (AvgIpc) is 2.62. The molecule has 0 spiro atoms. The van der Waals surface area contributed by atoms with Crippen molar-refractivity contribution in [1.82, 2.24) is 0 Å². The first kappa shape index (κ1) is 15.1. The third-order valence-corrected chi connectivity index (χ3v) is 4.35. The normalized spacial score (nSPS) is 10.6. The van der Waals surface area contributed by atoms with Crippen molar-refractivity contribution in [2.24, 2.45) is 0 Å². The number of rotatable bonds is 4. The van der Waals surface area contributed by atoms with Crippen LogP contribution in [0.15, 0.2) is 72.8 Å². The smallest absolute Gasteiger partial charge is 0.0480 e. The first-order valence-corrected chi connectivity index (χ1v) is 8.28. The monoisotopic (exact) mass is 326 g/mol. The molecule has 3 rings (SSSR count). The Morgan fingerprint density at radius 1 is 0.591 bits per heavy atom. The van der Waals surface area contributed by atoms with E-state index in [2.05, 4.69) is 60.7 Å². The van der Waals surface area contributed by atoms with E-state index in [1.54, 1.807) is 0 Å². The maximum absolute atomic E-state index is 6.10. The second-order valence-corrected chi connectivity index (χ2v) is 5.74. The van der Waals surface area contributed by atoms with Crippen molar-refractivity contribution in [1.29, 1.82) is 0 Å². The van der Waals surface area contributed by atoms with Crippen molar-refractivity contribution in [3.63, 3.8) is 0 Å². The zero-order valence-electron chi connectivity index (χ0n) is 12.1. The molecular formula is C20H16Cl2. The second kappa shape index (κ2) is 7.00. The summed E-state index contributed by atoms with van der Waals surface area (Å²) >= 11 is 12.1. The van der Waals surface area contributed by atoms with Crippen molar-refractivity contribution in [2.75, 3.05) is 0 Å². The fraction of sp³-hybridized carbons (Fsp3) is 0.100. The van der Waals surface area contributed by atoms with Crippen LogP contribution in [0.3, 0.4) is 0 Å². The molecule has 0 N–H and O–H groups in total. The van der Waals surface area contributed by atoms with Gasteiger partial charge in [-0.3, -0.25) is 0 Å². The van der Waals surface area contributed by atoms with Gasteiger partial charge in [0.05, 0.1) is 0 Å². The van der Waals surface area contributed by atoms with Gasteiger partial charge in [0.15, 0.2) is 0 Å². The van der Waals surface area contributed by atoms with E-state index in [9.17, 15) is 0 Å². The molecule has 0 nitrogen and oxygen atoms in total. The minimum absolute atomic E-state index is 0.494. The number of halogens is 2. The number of benzene rings is 3. The van der Waals surface area contributed by atoms with Gasteiger partial charge < -0.3 is 0 Å². The van der Waals surface area contributed by atoms with Crippen molar-refractivity contribution in [3.8, 4) is 22.3 Å². The zero-order valence-corrected chi connectivity index (χ0v) is 13.6. The topological polar surface area (TPSA) is 0 Å². The molecule has 0 bridgehead atoms. The summed E-state index contributed by atoms with van der Waals surface area (Å²) in [4.78, 5) is 0. The average molecular weight is 327 g/mol. The van der Waals surface area contributed by atoms with E-state index in [0.29, 0.717) is 11.8 Å². The SMILES string of the molecule is ClCc1ccc(CCl)c(-c2cccc(-c3ccccc3)c2)c1. The largest absolute Gasteiger partial charge is 0.122 e. The molecule has 0 radical (unpaired) electrons. The van der Waals surface area contributed by atoms with Gasteiger partial charge in [-0.15, -0.1) is 23.2 Å². The first-order valence-electron chi connectivity index (χ1n) is 7.21. The summed E-state index contributed by atoms with van der Waals surface area (Å²) in [6.45, 7) is 0. The minimum Gasteiger partial charge on any atom is -0.122 e. The van der Waals surface area contributed by atoms with Crippen LogP contribution < -0.4 is 0 Å². The highest BCUT2D eigenvalue weighted by atomic mass is 35.5. The molecular weight excluding hydrogens is 311 g/mol. The highest BCUT2D eigenvalue weighted by Crippen LogP contribution is 2.30. The predicted molar refractivity (Wildman–Crippen MR) is 96.4 cm³/mol. The Morgan fingerprint density at radius 2 is 1.32 bits per heavy atom. The van der Waals surface area contributed by atoms with E-state index in [-0.39, 0.29) is 0 Å². The lowest BCUT2D eigenvalue weighted by Gasteiger charge is -2.11. The van der Waals surface area contributed by atoms with Gasteiger partial charge in [0.1, 0.15) is 0 Å². The molecule has 0 aromatic heterocycles. The van der Waals surface area contributed by atoms with Gasteiger partial charge in [0.2, 0.25) is 0 Å². The van der Waals surface area contributed by atoms with Crippen molar-refractivity contribution in [3.05, 3.63) is 83.9 Å². The van der Waals surface area contributed by atoms with Crippen LogP contribution in [0.2, 0.25) is 0 Å². The molecule has 0 aliphatic heterocycles.